The molecule has 0 radical (unpaired) electrons. The Labute approximate surface area is 112 Å². The van der Waals surface area contributed by atoms with Crippen molar-refractivity contribution in [2.75, 3.05) is 13.1 Å². The van der Waals surface area contributed by atoms with E-state index in [1.54, 1.807) is 0 Å². The Hall–Kier alpha value is -1.81. The molecule has 19 heavy (non-hydrogen) atoms. The fourth-order valence-electron chi connectivity index (χ4n) is 3.40. The molecular weight excluding hydrogens is 240 g/mol. The summed E-state index contributed by atoms with van der Waals surface area (Å²) in [5, 5.41) is 11.8. The average Bonchev–Trinajstić information content (AvgIpc) is 3.00. The first-order chi connectivity index (χ1) is 9.33. The third-order valence-corrected chi connectivity index (χ3v) is 4.26. The van der Waals surface area contributed by atoms with Gasteiger partial charge in [0.1, 0.15) is 0 Å². The van der Waals surface area contributed by atoms with Crippen molar-refractivity contribution < 1.29 is 9.90 Å². The molecule has 0 amide bonds. The number of hydrogen-bond donors (Lipinski definition) is 2. The maximum absolute atomic E-state index is 8.36. The van der Waals surface area contributed by atoms with Crippen LogP contribution in [-0.2, 0) is 17.8 Å². The van der Waals surface area contributed by atoms with Crippen molar-refractivity contribution in [2.24, 2.45) is 11.8 Å². The molecule has 1 saturated heterocycles. The van der Waals surface area contributed by atoms with Crippen LogP contribution in [0.4, 0.5) is 0 Å². The Morgan fingerprint density at radius 2 is 2.00 bits per heavy atom. The summed E-state index contributed by atoms with van der Waals surface area (Å²) >= 11 is 0. The van der Waals surface area contributed by atoms with E-state index in [-0.39, 0.29) is 6.47 Å². The fourth-order valence-corrected chi connectivity index (χ4v) is 3.40. The molecule has 2 N–H and O–H groups in total. The first-order valence-electron chi connectivity index (χ1n) is 6.69. The highest BCUT2D eigenvalue weighted by Crippen LogP contribution is 2.32. The van der Waals surface area contributed by atoms with Crippen LogP contribution in [0.5, 0.6) is 0 Å². The SMILES string of the molecule is O=CO.c1ccc2c(c1)cc1n2C[C@@H]2CNC[C@H]2C1. The summed E-state index contributed by atoms with van der Waals surface area (Å²) in [5.74, 6) is 1.72. The predicted octanol–water partition coefficient (Wildman–Crippen LogP) is 1.73. The van der Waals surface area contributed by atoms with Crippen LogP contribution in [-0.4, -0.2) is 29.2 Å². The van der Waals surface area contributed by atoms with Crippen LogP contribution in [0.1, 0.15) is 5.69 Å². The van der Waals surface area contributed by atoms with E-state index < -0.39 is 0 Å². The van der Waals surface area contributed by atoms with E-state index in [2.05, 4.69) is 40.2 Å². The summed E-state index contributed by atoms with van der Waals surface area (Å²) < 4.78 is 2.53. The largest absolute Gasteiger partial charge is 0.483 e. The van der Waals surface area contributed by atoms with E-state index in [1.165, 1.54) is 42.7 Å². The Kier molecular flexibility index (Phi) is 3.25. The molecule has 1 aromatic carbocycles. The minimum absolute atomic E-state index is 0.250. The molecule has 2 aliphatic heterocycles. The standard InChI is InChI=1S/C14H16N2.CH2O2/c1-2-4-14-10(3-1)5-13-6-11-7-15-8-12(11)9-16(13)14;2-1-3/h1-5,11-12,15H,6-9H2;1H,(H,2,3)/t11-,12+;/m1./s1. The van der Waals surface area contributed by atoms with E-state index >= 15 is 0 Å². The van der Waals surface area contributed by atoms with Crippen LogP contribution in [0.25, 0.3) is 10.9 Å². The quantitative estimate of drug-likeness (QED) is 0.708. The topological polar surface area (TPSA) is 54.3 Å². The zero-order valence-electron chi connectivity index (χ0n) is 10.7. The van der Waals surface area contributed by atoms with Crippen LogP contribution in [0.2, 0.25) is 0 Å². The van der Waals surface area contributed by atoms with Gasteiger partial charge in [0.15, 0.2) is 0 Å². The molecule has 0 saturated carbocycles. The van der Waals surface area contributed by atoms with Crippen molar-refractivity contribution >= 4 is 17.4 Å². The first-order valence-corrected chi connectivity index (χ1v) is 6.69. The zero-order valence-corrected chi connectivity index (χ0v) is 10.7. The number of fused-ring (bicyclic) bond motifs is 4. The maximum Gasteiger partial charge on any atom is 0.290 e. The highest BCUT2D eigenvalue weighted by molar-refractivity contribution is 5.81. The van der Waals surface area contributed by atoms with Crippen molar-refractivity contribution in [2.45, 2.75) is 13.0 Å². The van der Waals surface area contributed by atoms with E-state index in [0.29, 0.717) is 0 Å². The Bertz CT molecular complexity index is 591. The number of benzene rings is 1. The molecule has 1 fully saturated rings. The molecule has 1 aromatic heterocycles. The zero-order chi connectivity index (χ0) is 13.2. The second kappa shape index (κ2) is 5.05. The molecular formula is C15H18N2O2. The number of rotatable bonds is 0. The highest BCUT2D eigenvalue weighted by Gasteiger charge is 2.32. The van der Waals surface area contributed by atoms with Gasteiger partial charge in [0.25, 0.3) is 6.47 Å². The van der Waals surface area contributed by atoms with Crippen molar-refractivity contribution in [3.05, 3.63) is 36.0 Å². The monoisotopic (exact) mass is 258 g/mol. The molecule has 2 aromatic rings. The maximum atomic E-state index is 8.36. The van der Waals surface area contributed by atoms with Gasteiger partial charge in [-0.1, -0.05) is 18.2 Å². The molecule has 4 nitrogen and oxygen atoms in total. The van der Waals surface area contributed by atoms with Gasteiger partial charge in [0, 0.05) is 17.8 Å². The van der Waals surface area contributed by atoms with Crippen LogP contribution in [0.15, 0.2) is 30.3 Å². The second-order valence-electron chi connectivity index (χ2n) is 5.29. The summed E-state index contributed by atoms with van der Waals surface area (Å²) in [6.07, 6.45) is 1.26. The lowest BCUT2D eigenvalue weighted by Gasteiger charge is -2.27. The Morgan fingerprint density at radius 3 is 2.84 bits per heavy atom. The Balaban J connectivity index is 0.000000339. The third kappa shape index (κ3) is 2.12. The fraction of sp³-hybridized carbons (Fsp3) is 0.400. The van der Waals surface area contributed by atoms with Crippen LogP contribution in [0.3, 0.4) is 0 Å². The van der Waals surface area contributed by atoms with Gasteiger partial charge in [-0.25, -0.2) is 0 Å². The highest BCUT2D eigenvalue weighted by atomic mass is 16.3. The van der Waals surface area contributed by atoms with E-state index in [1.807, 2.05) is 0 Å². The lowest BCUT2D eigenvalue weighted by atomic mass is 9.88. The predicted molar refractivity (Wildman–Crippen MR) is 74.2 cm³/mol. The van der Waals surface area contributed by atoms with Crippen LogP contribution in [0, 0.1) is 11.8 Å². The van der Waals surface area contributed by atoms with Gasteiger partial charge in [0.2, 0.25) is 0 Å². The first kappa shape index (κ1) is 12.2. The molecule has 0 spiro atoms. The molecule has 4 rings (SSSR count). The van der Waals surface area contributed by atoms with Gasteiger partial charge >= 0.3 is 0 Å². The van der Waals surface area contributed by atoms with Crippen molar-refractivity contribution in [3.8, 4) is 0 Å². The number of aromatic nitrogens is 1. The number of nitrogens with one attached hydrogen (secondary N) is 1. The van der Waals surface area contributed by atoms with E-state index in [9.17, 15) is 0 Å². The third-order valence-electron chi connectivity index (χ3n) is 4.26. The number of hydrogen-bond acceptors (Lipinski definition) is 2. The lowest BCUT2D eigenvalue weighted by molar-refractivity contribution is -0.122. The van der Waals surface area contributed by atoms with Crippen LogP contribution < -0.4 is 5.32 Å². The molecule has 3 heterocycles. The molecule has 0 bridgehead atoms. The summed E-state index contributed by atoms with van der Waals surface area (Å²) in [6, 6.07) is 11.1. The van der Waals surface area contributed by atoms with Gasteiger partial charge in [0.05, 0.1) is 0 Å². The van der Waals surface area contributed by atoms with E-state index in [0.717, 1.165) is 11.8 Å². The number of carbonyl (C=O) groups is 1. The number of nitrogens with zero attached hydrogens (tertiary/aromatic N) is 1. The smallest absolute Gasteiger partial charge is 0.290 e. The number of para-hydroxylation sites is 1. The summed E-state index contributed by atoms with van der Waals surface area (Å²) in [7, 11) is 0. The molecule has 2 atom stereocenters. The lowest BCUT2D eigenvalue weighted by Crippen LogP contribution is -2.27. The summed E-state index contributed by atoms with van der Waals surface area (Å²) in [4.78, 5) is 8.36. The molecule has 4 heteroatoms. The molecule has 0 unspecified atom stereocenters. The van der Waals surface area contributed by atoms with Crippen molar-refractivity contribution in [1.82, 2.24) is 9.88 Å². The summed E-state index contributed by atoms with van der Waals surface area (Å²) in [5.41, 5.74) is 2.95. The van der Waals surface area contributed by atoms with Gasteiger partial charge in [-0.05, 0) is 48.9 Å². The van der Waals surface area contributed by atoms with Gasteiger partial charge in [-0.2, -0.15) is 0 Å². The Morgan fingerprint density at radius 1 is 1.26 bits per heavy atom. The van der Waals surface area contributed by atoms with Gasteiger partial charge in [-0.3, -0.25) is 4.79 Å². The average molecular weight is 258 g/mol. The van der Waals surface area contributed by atoms with Crippen LogP contribution >= 0.6 is 0 Å². The van der Waals surface area contributed by atoms with E-state index in [4.69, 9.17) is 9.90 Å². The van der Waals surface area contributed by atoms with Crippen molar-refractivity contribution in [3.63, 3.8) is 0 Å². The second-order valence-corrected chi connectivity index (χ2v) is 5.29. The number of carboxylic acid groups (broad SMARTS) is 1. The molecule has 0 aliphatic carbocycles. The minimum atomic E-state index is -0.250. The van der Waals surface area contributed by atoms with Gasteiger partial charge in [-0.15, -0.1) is 0 Å². The minimum Gasteiger partial charge on any atom is -0.483 e. The molecule has 2 aliphatic rings. The van der Waals surface area contributed by atoms with Crippen molar-refractivity contribution in [1.29, 1.82) is 0 Å². The normalized spacial score (nSPS) is 24.2. The van der Waals surface area contributed by atoms with Gasteiger partial charge < -0.3 is 15.0 Å². The summed E-state index contributed by atoms with van der Waals surface area (Å²) in [6.45, 7) is 3.38. The molecule has 100 valence electrons.